The summed E-state index contributed by atoms with van der Waals surface area (Å²) in [5, 5.41) is 0. The van der Waals surface area contributed by atoms with E-state index in [1.165, 1.54) is 24.9 Å². The molecule has 2 aromatic carbocycles. The lowest BCUT2D eigenvalue weighted by atomic mass is 10.1. The Balaban J connectivity index is 1.40. The predicted molar refractivity (Wildman–Crippen MR) is 101 cm³/mol. The predicted octanol–water partition coefficient (Wildman–Crippen LogP) is 3.68. The van der Waals surface area contributed by atoms with Crippen molar-refractivity contribution in [1.29, 1.82) is 0 Å². The molecular weight excluding hydrogens is 328 g/mol. The fourth-order valence-electron chi connectivity index (χ4n) is 3.56. The number of hydrogen-bond acceptors (Lipinski definition) is 4. The highest BCUT2D eigenvalue weighted by atomic mass is 16.7. The molecule has 2 heterocycles. The van der Waals surface area contributed by atoms with Crippen LogP contribution in [0.5, 0.6) is 11.5 Å². The molecule has 0 aromatic heterocycles. The highest BCUT2D eigenvalue weighted by Gasteiger charge is 2.18. The van der Waals surface area contributed by atoms with Crippen LogP contribution in [0.25, 0.3) is 0 Å². The molecule has 0 atom stereocenters. The molecule has 0 N–H and O–H groups in total. The summed E-state index contributed by atoms with van der Waals surface area (Å²) in [4.78, 5) is 16.9. The summed E-state index contributed by atoms with van der Waals surface area (Å²) in [5.74, 6) is 1.30. The highest BCUT2D eigenvalue weighted by molar-refractivity contribution is 5.94. The van der Waals surface area contributed by atoms with Crippen LogP contribution in [-0.4, -0.2) is 37.7 Å². The van der Waals surface area contributed by atoms with Gasteiger partial charge in [-0.25, -0.2) is 0 Å². The minimum absolute atomic E-state index is 0.0246. The van der Waals surface area contributed by atoms with Gasteiger partial charge in [-0.15, -0.1) is 0 Å². The Morgan fingerprint density at radius 2 is 1.73 bits per heavy atom. The first-order valence-corrected chi connectivity index (χ1v) is 9.20. The van der Waals surface area contributed by atoms with Gasteiger partial charge in [-0.1, -0.05) is 12.1 Å². The lowest BCUT2D eigenvalue weighted by Crippen LogP contribution is -2.29. The molecule has 1 amide bonds. The molecular formula is C21H24N2O3. The van der Waals surface area contributed by atoms with Crippen molar-refractivity contribution >= 4 is 11.6 Å². The number of benzene rings is 2. The third-order valence-electron chi connectivity index (χ3n) is 5.04. The van der Waals surface area contributed by atoms with Crippen molar-refractivity contribution in [3.05, 3.63) is 53.6 Å². The van der Waals surface area contributed by atoms with Gasteiger partial charge in [-0.2, -0.15) is 0 Å². The second-order valence-corrected chi connectivity index (χ2v) is 6.94. The molecule has 26 heavy (non-hydrogen) atoms. The maximum Gasteiger partial charge on any atom is 0.254 e. The smallest absolute Gasteiger partial charge is 0.254 e. The van der Waals surface area contributed by atoms with Crippen molar-refractivity contribution in [2.24, 2.45) is 0 Å². The van der Waals surface area contributed by atoms with Crippen molar-refractivity contribution in [3.8, 4) is 11.5 Å². The fourth-order valence-corrected chi connectivity index (χ4v) is 3.56. The van der Waals surface area contributed by atoms with Gasteiger partial charge >= 0.3 is 0 Å². The van der Waals surface area contributed by atoms with E-state index in [0.717, 1.165) is 18.7 Å². The second kappa shape index (κ2) is 7.28. The summed E-state index contributed by atoms with van der Waals surface area (Å²) in [6.45, 7) is 3.07. The third kappa shape index (κ3) is 3.47. The van der Waals surface area contributed by atoms with E-state index in [-0.39, 0.29) is 12.7 Å². The zero-order chi connectivity index (χ0) is 17.9. The van der Waals surface area contributed by atoms with Crippen molar-refractivity contribution in [2.75, 3.05) is 31.8 Å². The zero-order valence-corrected chi connectivity index (χ0v) is 15.1. The molecule has 4 rings (SSSR count). The molecule has 0 spiro atoms. The number of piperidine rings is 1. The van der Waals surface area contributed by atoms with E-state index in [0.29, 0.717) is 23.6 Å². The van der Waals surface area contributed by atoms with Crippen LogP contribution in [0.15, 0.2) is 42.5 Å². The van der Waals surface area contributed by atoms with Crippen LogP contribution < -0.4 is 14.4 Å². The van der Waals surface area contributed by atoms with Gasteiger partial charge in [-0.05, 0) is 55.2 Å². The summed E-state index contributed by atoms with van der Waals surface area (Å²) < 4.78 is 10.7. The maximum atomic E-state index is 12.7. The number of hydrogen-bond donors (Lipinski definition) is 0. The molecule has 2 aromatic rings. The van der Waals surface area contributed by atoms with Gasteiger partial charge in [0.2, 0.25) is 6.79 Å². The normalized spacial score (nSPS) is 15.8. The molecule has 2 aliphatic rings. The molecule has 1 fully saturated rings. The monoisotopic (exact) mass is 352 g/mol. The standard InChI is InChI=1S/C21H24N2O3/c1-22(21(24)17-7-10-19-20(13-17)26-15-25-19)14-16-5-8-18(9-6-16)23-11-3-2-4-12-23/h5-10,13H,2-4,11-12,14-15H2,1H3. The lowest BCUT2D eigenvalue weighted by molar-refractivity contribution is 0.0784. The molecule has 5 nitrogen and oxygen atoms in total. The number of amides is 1. The number of rotatable bonds is 4. The van der Waals surface area contributed by atoms with Crippen molar-refractivity contribution in [2.45, 2.75) is 25.8 Å². The molecule has 0 radical (unpaired) electrons. The van der Waals surface area contributed by atoms with Crippen LogP contribution in [0.2, 0.25) is 0 Å². The Hall–Kier alpha value is -2.69. The molecule has 5 heteroatoms. The highest BCUT2D eigenvalue weighted by Crippen LogP contribution is 2.32. The first kappa shape index (κ1) is 16.8. The van der Waals surface area contributed by atoms with Crippen LogP contribution in [-0.2, 0) is 6.54 Å². The second-order valence-electron chi connectivity index (χ2n) is 6.94. The molecule has 2 aliphatic heterocycles. The van der Waals surface area contributed by atoms with Crippen LogP contribution in [0, 0.1) is 0 Å². The van der Waals surface area contributed by atoms with E-state index in [1.54, 1.807) is 23.1 Å². The van der Waals surface area contributed by atoms with Crippen molar-refractivity contribution in [3.63, 3.8) is 0 Å². The van der Waals surface area contributed by atoms with Gasteiger partial charge in [0.1, 0.15) is 0 Å². The Morgan fingerprint density at radius 1 is 1.00 bits per heavy atom. The van der Waals surface area contributed by atoms with E-state index in [4.69, 9.17) is 9.47 Å². The topological polar surface area (TPSA) is 42.0 Å². The van der Waals surface area contributed by atoms with Crippen LogP contribution in [0.1, 0.15) is 35.2 Å². The first-order chi connectivity index (χ1) is 12.7. The van der Waals surface area contributed by atoms with E-state index in [1.807, 2.05) is 7.05 Å². The van der Waals surface area contributed by atoms with Gasteiger partial charge < -0.3 is 19.3 Å². The summed E-state index contributed by atoms with van der Waals surface area (Å²) >= 11 is 0. The largest absolute Gasteiger partial charge is 0.454 e. The minimum Gasteiger partial charge on any atom is -0.454 e. The summed E-state index contributed by atoms with van der Waals surface area (Å²) in [6, 6.07) is 13.9. The molecule has 0 bridgehead atoms. The summed E-state index contributed by atoms with van der Waals surface area (Å²) in [6.07, 6.45) is 3.88. The minimum atomic E-state index is -0.0246. The quantitative estimate of drug-likeness (QED) is 0.842. The van der Waals surface area contributed by atoms with Crippen LogP contribution in [0.3, 0.4) is 0 Å². The van der Waals surface area contributed by atoms with Crippen molar-refractivity contribution in [1.82, 2.24) is 4.90 Å². The molecule has 0 aliphatic carbocycles. The summed E-state index contributed by atoms with van der Waals surface area (Å²) in [7, 11) is 1.82. The van der Waals surface area contributed by atoms with Gasteiger partial charge in [-0.3, -0.25) is 4.79 Å². The van der Waals surface area contributed by atoms with Gasteiger partial charge in [0.05, 0.1) is 0 Å². The van der Waals surface area contributed by atoms with Crippen molar-refractivity contribution < 1.29 is 14.3 Å². The Labute approximate surface area is 154 Å². The lowest BCUT2D eigenvalue weighted by Gasteiger charge is -2.29. The van der Waals surface area contributed by atoms with E-state index in [9.17, 15) is 4.79 Å². The van der Waals surface area contributed by atoms with Gasteiger partial charge in [0.15, 0.2) is 11.5 Å². The maximum absolute atomic E-state index is 12.7. The van der Waals surface area contributed by atoms with E-state index < -0.39 is 0 Å². The molecule has 0 unspecified atom stereocenters. The SMILES string of the molecule is CN(Cc1ccc(N2CCCCC2)cc1)C(=O)c1ccc2c(c1)OCO2. The molecule has 136 valence electrons. The number of nitrogens with zero attached hydrogens (tertiary/aromatic N) is 2. The Kier molecular flexibility index (Phi) is 4.69. The average molecular weight is 352 g/mol. The fraction of sp³-hybridized carbons (Fsp3) is 0.381. The van der Waals surface area contributed by atoms with Crippen LogP contribution in [0.4, 0.5) is 5.69 Å². The third-order valence-corrected chi connectivity index (χ3v) is 5.04. The number of anilines is 1. The Bertz CT molecular complexity index is 782. The zero-order valence-electron chi connectivity index (χ0n) is 15.1. The van der Waals surface area contributed by atoms with Gasteiger partial charge in [0.25, 0.3) is 5.91 Å². The summed E-state index contributed by atoms with van der Waals surface area (Å²) in [5.41, 5.74) is 3.02. The number of ether oxygens (including phenoxy) is 2. The average Bonchev–Trinajstić information content (AvgIpc) is 3.16. The molecule has 1 saturated heterocycles. The molecule has 0 saturated carbocycles. The number of carbonyl (C=O) groups excluding carboxylic acids is 1. The number of fused-ring (bicyclic) bond motifs is 1. The Morgan fingerprint density at radius 3 is 2.50 bits per heavy atom. The first-order valence-electron chi connectivity index (χ1n) is 9.20. The number of carbonyl (C=O) groups is 1. The van der Waals surface area contributed by atoms with E-state index in [2.05, 4.69) is 29.2 Å². The van der Waals surface area contributed by atoms with Crippen LogP contribution >= 0.6 is 0 Å². The van der Waals surface area contributed by atoms with E-state index >= 15 is 0 Å². The van der Waals surface area contributed by atoms with Gasteiger partial charge in [0, 0.05) is 37.9 Å².